The van der Waals surface area contributed by atoms with E-state index in [9.17, 15) is 0 Å². The van der Waals surface area contributed by atoms with Gasteiger partial charge in [0.25, 0.3) is 0 Å². The molecule has 0 radical (unpaired) electrons. The molecule has 6 nitrogen and oxygen atoms in total. The van der Waals surface area contributed by atoms with Gasteiger partial charge >= 0.3 is 0 Å². The van der Waals surface area contributed by atoms with Crippen molar-refractivity contribution < 1.29 is 9.64 Å². The molecule has 0 saturated heterocycles. The lowest BCUT2D eigenvalue weighted by molar-refractivity contribution is -0.938. The number of rotatable bonds is 8. The molecular weight excluding hydrogens is 374 g/mol. The van der Waals surface area contributed by atoms with Crippen LogP contribution in [0.5, 0.6) is 5.75 Å². The van der Waals surface area contributed by atoms with Gasteiger partial charge in [-0.2, -0.15) is 0 Å². The molecule has 6 heteroatoms. The number of tetrazole rings is 1. The van der Waals surface area contributed by atoms with E-state index in [1.807, 2.05) is 12.1 Å². The third-order valence-electron chi connectivity index (χ3n) is 6.28. The first kappa shape index (κ1) is 20.5. The van der Waals surface area contributed by atoms with Gasteiger partial charge in [-0.15, -0.1) is 5.10 Å². The predicted octanol–water partition coefficient (Wildman–Crippen LogP) is 3.38. The van der Waals surface area contributed by atoms with Crippen LogP contribution in [0, 0.1) is 0 Å². The highest BCUT2D eigenvalue weighted by Crippen LogP contribution is 2.32. The Labute approximate surface area is 178 Å². The lowest BCUT2D eigenvalue weighted by Crippen LogP contribution is -3.11. The summed E-state index contributed by atoms with van der Waals surface area (Å²) in [6.45, 7) is 4.09. The molecule has 0 bridgehead atoms. The Kier molecular flexibility index (Phi) is 6.74. The number of aromatic nitrogens is 4. The van der Waals surface area contributed by atoms with Crippen LogP contribution in [-0.4, -0.2) is 33.9 Å². The van der Waals surface area contributed by atoms with Crippen molar-refractivity contribution in [1.82, 2.24) is 20.2 Å². The predicted molar refractivity (Wildman–Crippen MR) is 116 cm³/mol. The van der Waals surface area contributed by atoms with Crippen LogP contribution >= 0.6 is 0 Å². The standard InChI is InChI=1S/C24H31N5O/c1-3-28(18-19-12-6-4-7-13-19)23(21-16-10-11-17-22(21)30-2)24-25-26-27-29(24)20-14-8-5-9-15-20/h4,6-7,10-13,16-17,20,23H,3,5,8-9,14-15,18H2,1-2H3/p+1/t23-/m0/s1. The van der Waals surface area contributed by atoms with E-state index in [-0.39, 0.29) is 6.04 Å². The third-order valence-corrected chi connectivity index (χ3v) is 6.28. The van der Waals surface area contributed by atoms with Gasteiger partial charge in [-0.25, -0.2) is 4.68 Å². The summed E-state index contributed by atoms with van der Waals surface area (Å²) >= 11 is 0. The van der Waals surface area contributed by atoms with Crippen molar-refractivity contribution >= 4 is 0 Å². The van der Waals surface area contributed by atoms with Crippen LogP contribution in [0.1, 0.15) is 68.1 Å². The summed E-state index contributed by atoms with van der Waals surface area (Å²) in [6.07, 6.45) is 6.10. The smallest absolute Gasteiger partial charge is 0.214 e. The Bertz CT molecular complexity index is 920. The summed E-state index contributed by atoms with van der Waals surface area (Å²) in [5, 5.41) is 13.2. The van der Waals surface area contributed by atoms with Gasteiger partial charge in [-0.05, 0) is 42.3 Å². The number of para-hydroxylation sites is 1. The van der Waals surface area contributed by atoms with Crippen molar-refractivity contribution in [3.05, 3.63) is 71.5 Å². The zero-order valence-electron chi connectivity index (χ0n) is 18.0. The van der Waals surface area contributed by atoms with Crippen molar-refractivity contribution in [2.45, 2.75) is 57.7 Å². The highest BCUT2D eigenvalue weighted by molar-refractivity contribution is 5.37. The molecule has 1 aromatic heterocycles. The molecule has 0 aliphatic heterocycles. The van der Waals surface area contributed by atoms with Gasteiger partial charge < -0.3 is 9.64 Å². The van der Waals surface area contributed by atoms with Gasteiger partial charge in [-0.1, -0.05) is 61.7 Å². The van der Waals surface area contributed by atoms with Gasteiger partial charge in [0, 0.05) is 5.56 Å². The lowest BCUT2D eigenvalue weighted by Gasteiger charge is -2.30. The molecule has 30 heavy (non-hydrogen) atoms. The van der Waals surface area contributed by atoms with E-state index in [0.29, 0.717) is 6.04 Å². The number of methoxy groups -OCH3 is 1. The van der Waals surface area contributed by atoms with Crippen LogP contribution in [0.15, 0.2) is 54.6 Å². The normalized spacial score (nSPS) is 16.9. The summed E-state index contributed by atoms with van der Waals surface area (Å²) in [5.74, 6) is 1.83. The zero-order valence-corrected chi connectivity index (χ0v) is 18.0. The molecule has 1 unspecified atom stereocenters. The van der Waals surface area contributed by atoms with E-state index in [1.165, 1.54) is 29.7 Å². The first-order valence-electron chi connectivity index (χ1n) is 11.1. The summed E-state index contributed by atoms with van der Waals surface area (Å²) in [4.78, 5) is 1.40. The fourth-order valence-electron chi connectivity index (χ4n) is 4.71. The molecule has 2 aromatic carbocycles. The van der Waals surface area contributed by atoms with E-state index in [4.69, 9.17) is 4.74 Å². The third kappa shape index (κ3) is 4.38. The molecule has 4 rings (SSSR count). The van der Waals surface area contributed by atoms with E-state index in [0.717, 1.165) is 43.1 Å². The van der Waals surface area contributed by atoms with Gasteiger partial charge in [0.1, 0.15) is 12.3 Å². The van der Waals surface area contributed by atoms with Crippen molar-refractivity contribution in [1.29, 1.82) is 0 Å². The summed E-state index contributed by atoms with van der Waals surface area (Å²) in [5.41, 5.74) is 2.45. The Morgan fingerprint density at radius 1 is 1.03 bits per heavy atom. The Balaban J connectivity index is 1.77. The first-order valence-corrected chi connectivity index (χ1v) is 11.1. The second-order valence-corrected chi connectivity index (χ2v) is 8.12. The molecule has 1 N–H and O–H groups in total. The number of ether oxygens (including phenoxy) is 1. The fourth-order valence-corrected chi connectivity index (χ4v) is 4.71. The maximum atomic E-state index is 5.76. The van der Waals surface area contributed by atoms with E-state index < -0.39 is 0 Å². The van der Waals surface area contributed by atoms with Gasteiger partial charge in [0.05, 0.1) is 25.3 Å². The molecule has 1 aliphatic carbocycles. The van der Waals surface area contributed by atoms with Gasteiger partial charge in [0.15, 0.2) is 6.04 Å². The van der Waals surface area contributed by atoms with E-state index >= 15 is 0 Å². The van der Waals surface area contributed by atoms with E-state index in [2.05, 4.69) is 69.6 Å². The maximum absolute atomic E-state index is 5.76. The zero-order chi connectivity index (χ0) is 20.8. The minimum atomic E-state index is 0.00304. The molecule has 0 amide bonds. The summed E-state index contributed by atoms with van der Waals surface area (Å²) < 4.78 is 7.87. The Morgan fingerprint density at radius 2 is 1.77 bits per heavy atom. The minimum Gasteiger partial charge on any atom is -0.496 e. The molecule has 2 atom stereocenters. The second-order valence-electron chi connectivity index (χ2n) is 8.12. The SMILES string of the molecule is CC[NH+](Cc1ccccc1)[C@@H](c1ccccc1OC)c1nnnn1C1CCCCC1. The Morgan fingerprint density at radius 3 is 2.50 bits per heavy atom. The average molecular weight is 407 g/mol. The summed E-state index contributed by atoms with van der Waals surface area (Å²) in [7, 11) is 1.74. The lowest BCUT2D eigenvalue weighted by atomic mass is 9.95. The Hall–Kier alpha value is -2.73. The number of quaternary nitrogens is 1. The minimum absolute atomic E-state index is 0.00304. The number of benzene rings is 2. The monoisotopic (exact) mass is 406 g/mol. The molecule has 1 fully saturated rings. The van der Waals surface area contributed by atoms with Crippen LogP contribution in [0.25, 0.3) is 0 Å². The van der Waals surface area contributed by atoms with Gasteiger partial charge in [-0.3, -0.25) is 0 Å². The highest BCUT2D eigenvalue weighted by atomic mass is 16.5. The van der Waals surface area contributed by atoms with Crippen LogP contribution < -0.4 is 9.64 Å². The van der Waals surface area contributed by atoms with E-state index in [1.54, 1.807) is 7.11 Å². The van der Waals surface area contributed by atoms with Crippen molar-refractivity contribution in [2.24, 2.45) is 0 Å². The van der Waals surface area contributed by atoms with Crippen LogP contribution in [0.4, 0.5) is 0 Å². The molecular formula is C24H32N5O+. The van der Waals surface area contributed by atoms with Crippen LogP contribution in [0.2, 0.25) is 0 Å². The molecule has 1 aliphatic rings. The van der Waals surface area contributed by atoms with Gasteiger partial charge in [0.2, 0.25) is 5.82 Å². The van der Waals surface area contributed by atoms with Crippen molar-refractivity contribution in [3.63, 3.8) is 0 Å². The number of nitrogens with one attached hydrogen (secondary N) is 1. The highest BCUT2D eigenvalue weighted by Gasteiger charge is 2.35. The van der Waals surface area contributed by atoms with Crippen LogP contribution in [0.3, 0.4) is 0 Å². The number of hydrogen-bond acceptors (Lipinski definition) is 4. The molecule has 3 aromatic rings. The maximum Gasteiger partial charge on any atom is 0.214 e. The number of nitrogens with zero attached hydrogens (tertiary/aromatic N) is 4. The fraction of sp³-hybridized carbons (Fsp3) is 0.458. The molecule has 1 saturated carbocycles. The number of hydrogen-bond donors (Lipinski definition) is 1. The molecule has 158 valence electrons. The van der Waals surface area contributed by atoms with Crippen molar-refractivity contribution in [2.75, 3.05) is 13.7 Å². The molecule has 1 heterocycles. The second kappa shape index (κ2) is 9.85. The summed E-state index contributed by atoms with van der Waals surface area (Å²) in [6, 6.07) is 19.3. The quantitative estimate of drug-likeness (QED) is 0.623. The largest absolute Gasteiger partial charge is 0.496 e. The van der Waals surface area contributed by atoms with Crippen molar-refractivity contribution in [3.8, 4) is 5.75 Å². The molecule has 0 spiro atoms. The van der Waals surface area contributed by atoms with Crippen LogP contribution in [-0.2, 0) is 6.54 Å². The average Bonchev–Trinajstić information content (AvgIpc) is 3.29. The first-order chi connectivity index (χ1) is 14.8. The topological polar surface area (TPSA) is 57.3 Å².